The molecule has 0 aliphatic heterocycles. The largest absolute Gasteiger partial charge is 0.265 e. The number of nitrogens with one attached hydrogen (secondary N) is 1. The third-order valence-corrected chi connectivity index (χ3v) is 5.42. The summed E-state index contributed by atoms with van der Waals surface area (Å²) in [6.45, 7) is 0.501. The van der Waals surface area contributed by atoms with E-state index < -0.39 is 10.0 Å². The third kappa shape index (κ3) is 3.98. The van der Waals surface area contributed by atoms with Gasteiger partial charge in [-0.1, -0.05) is 57.9 Å². The maximum absolute atomic E-state index is 12.4. The zero-order valence-electron chi connectivity index (χ0n) is 12.4. The van der Waals surface area contributed by atoms with Crippen molar-refractivity contribution in [2.45, 2.75) is 11.4 Å². The highest BCUT2D eigenvalue weighted by Crippen LogP contribution is 2.24. The number of sulfonamides is 1. The molecule has 1 heterocycles. The van der Waals surface area contributed by atoms with Crippen molar-refractivity contribution in [2.75, 3.05) is 4.72 Å². The lowest BCUT2D eigenvalue weighted by atomic mass is 10.2. The zero-order chi connectivity index (χ0) is 17.2. The second-order valence-corrected chi connectivity index (χ2v) is 8.07. The summed E-state index contributed by atoms with van der Waals surface area (Å²) in [5.41, 5.74) is 1.04. The fourth-order valence-electron chi connectivity index (χ4n) is 2.12. The first-order valence-corrected chi connectivity index (χ1v) is 9.65. The van der Waals surface area contributed by atoms with Gasteiger partial charge in [0.25, 0.3) is 10.0 Å². The number of anilines is 1. The van der Waals surface area contributed by atoms with Gasteiger partial charge < -0.3 is 0 Å². The van der Waals surface area contributed by atoms with Crippen molar-refractivity contribution >= 4 is 43.4 Å². The first-order valence-electron chi connectivity index (χ1n) is 6.99. The van der Waals surface area contributed by atoms with Gasteiger partial charge in [0.15, 0.2) is 5.82 Å². The lowest BCUT2D eigenvalue weighted by Crippen LogP contribution is -2.14. The van der Waals surface area contributed by atoms with Crippen LogP contribution in [0.1, 0.15) is 5.56 Å². The fourth-order valence-corrected chi connectivity index (χ4v) is 3.65. The van der Waals surface area contributed by atoms with Crippen LogP contribution in [0.3, 0.4) is 0 Å². The van der Waals surface area contributed by atoms with Gasteiger partial charge in [0.05, 0.1) is 11.4 Å². The number of hydrogen-bond acceptors (Lipinski definition) is 3. The normalized spacial score (nSPS) is 11.4. The molecule has 8 heteroatoms. The smallest absolute Gasteiger partial charge is 0.263 e. The van der Waals surface area contributed by atoms with Crippen LogP contribution in [0.15, 0.2) is 70.2 Å². The highest BCUT2D eigenvalue weighted by atomic mass is 79.9. The molecule has 24 heavy (non-hydrogen) atoms. The van der Waals surface area contributed by atoms with Crippen LogP contribution in [0.5, 0.6) is 0 Å². The quantitative estimate of drug-likeness (QED) is 0.666. The molecule has 0 saturated heterocycles. The third-order valence-electron chi connectivity index (χ3n) is 3.26. The van der Waals surface area contributed by atoms with E-state index in [-0.39, 0.29) is 15.7 Å². The van der Waals surface area contributed by atoms with Gasteiger partial charge in [-0.3, -0.25) is 9.40 Å². The van der Waals surface area contributed by atoms with Crippen LogP contribution in [0.25, 0.3) is 0 Å². The van der Waals surface area contributed by atoms with Crippen molar-refractivity contribution in [2.24, 2.45) is 0 Å². The van der Waals surface area contributed by atoms with Crippen LogP contribution in [0.4, 0.5) is 5.82 Å². The van der Waals surface area contributed by atoms with E-state index in [1.165, 1.54) is 12.1 Å². The lowest BCUT2D eigenvalue weighted by Gasteiger charge is -2.06. The predicted octanol–water partition coefficient (Wildman–Crippen LogP) is 4.15. The molecule has 0 fully saturated rings. The van der Waals surface area contributed by atoms with E-state index in [1.54, 1.807) is 23.0 Å². The van der Waals surface area contributed by atoms with Crippen molar-refractivity contribution < 1.29 is 8.42 Å². The number of halogens is 2. The molecule has 0 unspecified atom stereocenters. The van der Waals surface area contributed by atoms with Crippen molar-refractivity contribution in [1.29, 1.82) is 0 Å². The summed E-state index contributed by atoms with van der Waals surface area (Å²) in [5.74, 6) is 0.107. The minimum absolute atomic E-state index is 0.107. The summed E-state index contributed by atoms with van der Waals surface area (Å²) in [6.07, 6.45) is 1.59. The van der Waals surface area contributed by atoms with Crippen LogP contribution in [-0.2, 0) is 16.6 Å². The van der Waals surface area contributed by atoms with Crippen LogP contribution >= 0.6 is 27.5 Å². The van der Waals surface area contributed by atoms with E-state index in [0.717, 1.165) is 10.0 Å². The Labute approximate surface area is 153 Å². The topological polar surface area (TPSA) is 64.0 Å². The number of aromatic nitrogens is 2. The minimum Gasteiger partial charge on any atom is -0.265 e. The van der Waals surface area contributed by atoms with Crippen molar-refractivity contribution in [3.05, 3.63) is 75.9 Å². The summed E-state index contributed by atoms with van der Waals surface area (Å²) < 4.78 is 29.6. The fraction of sp³-hybridized carbons (Fsp3) is 0.0625. The van der Waals surface area contributed by atoms with Gasteiger partial charge in [-0.15, -0.1) is 0 Å². The number of benzene rings is 2. The standard InChI is InChI=1S/C16H13BrClN3O2S/c17-13-6-8-14(9-7-13)24(22,23)20-16-15(18)11-21(19-16)10-12-4-2-1-3-5-12/h1-9,11H,10H2,(H,19,20). The number of rotatable bonds is 5. The molecule has 5 nitrogen and oxygen atoms in total. The molecule has 0 atom stereocenters. The van der Waals surface area contributed by atoms with Gasteiger partial charge in [-0.2, -0.15) is 5.10 Å². The molecule has 1 aromatic heterocycles. The van der Waals surface area contributed by atoms with Crippen molar-refractivity contribution in [1.82, 2.24) is 9.78 Å². The molecule has 0 amide bonds. The first kappa shape index (κ1) is 17.0. The molecule has 0 spiro atoms. The Hall–Kier alpha value is -1.83. The molecule has 0 saturated carbocycles. The molecule has 0 radical (unpaired) electrons. The summed E-state index contributed by atoms with van der Waals surface area (Å²) in [7, 11) is -3.74. The van der Waals surface area contributed by atoms with Crippen molar-refractivity contribution in [3.63, 3.8) is 0 Å². The minimum atomic E-state index is -3.74. The maximum Gasteiger partial charge on any atom is 0.263 e. The molecule has 1 N–H and O–H groups in total. The molecule has 3 aromatic rings. The monoisotopic (exact) mass is 425 g/mol. The molecular formula is C16H13BrClN3O2S. The van der Waals surface area contributed by atoms with Crippen LogP contribution in [0, 0.1) is 0 Å². The van der Waals surface area contributed by atoms with Crippen LogP contribution < -0.4 is 4.72 Å². The Morgan fingerprint density at radius 1 is 1.08 bits per heavy atom. The summed E-state index contributed by atoms with van der Waals surface area (Å²) >= 11 is 9.39. The first-order chi connectivity index (χ1) is 11.4. The van der Waals surface area contributed by atoms with Gasteiger partial charge in [0.1, 0.15) is 5.02 Å². The Balaban J connectivity index is 1.81. The number of hydrogen-bond donors (Lipinski definition) is 1. The molecule has 0 aliphatic carbocycles. The summed E-state index contributed by atoms with van der Waals surface area (Å²) in [5, 5.41) is 4.46. The van der Waals surface area contributed by atoms with Gasteiger partial charge in [-0.05, 0) is 29.8 Å². The summed E-state index contributed by atoms with van der Waals surface area (Å²) in [6, 6.07) is 16.0. The average molecular weight is 427 g/mol. The van der Waals surface area contributed by atoms with E-state index >= 15 is 0 Å². The Morgan fingerprint density at radius 3 is 2.42 bits per heavy atom. The van der Waals surface area contributed by atoms with E-state index in [4.69, 9.17) is 11.6 Å². The second kappa shape index (κ2) is 6.96. The highest BCUT2D eigenvalue weighted by molar-refractivity contribution is 9.10. The van der Waals surface area contributed by atoms with Gasteiger partial charge >= 0.3 is 0 Å². The molecular weight excluding hydrogens is 414 g/mol. The van der Waals surface area contributed by atoms with Crippen molar-refractivity contribution in [3.8, 4) is 0 Å². The van der Waals surface area contributed by atoms with E-state index in [2.05, 4.69) is 25.8 Å². The van der Waals surface area contributed by atoms with Crippen LogP contribution in [-0.4, -0.2) is 18.2 Å². The van der Waals surface area contributed by atoms with Gasteiger partial charge in [0, 0.05) is 10.7 Å². The highest BCUT2D eigenvalue weighted by Gasteiger charge is 2.18. The van der Waals surface area contributed by atoms with Gasteiger partial charge in [0.2, 0.25) is 0 Å². The lowest BCUT2D eigenvalue weighted by molar-refractivity contribution is 0.600. The predicted molar refractivity (Wildman–Crippen MR) is 97.7 cm³/mol. The molecule has 3 rings (SSSR count). The van der Waals surface area contributed by atoms with E-state index in [1.807, 2.05) is 30.3 Å². The molecule has 0 aliphatic rings. The molecule has 0 bridgehead atoms. The SMILES string of the molecule is O=S(=O)(Nc1nn(Cc2ccccc2)cc1Cl)c1ccc(Br)cc1. The Kier molecular flexibility index (Phi) is 4.93. The average Bonchev–Trinajstić information content (AvgIpc) is 2.87. The second-order valence-electron chi connectivity index (χ2n) is 5.07. The molecule has 2 aromatic carbocycles. The molecule has 124 valence electrons. The Bertz CT molecular complexity index is 941. The van der Waals surface area contributed by atoms with Gasteiger partial charge in [-0.25, -0.2) is 8.42 Å². The van der Waals surface area contributed by atoms with E-state index in [9.17, 15) is 8.42 Å². The van der Waals surface area contributed by atoms with E-state index in [0.29, 0.717) is 6.54 Å². The van der Waals surface area contributed by atoms with Crippen LogP contribution in [0.2, 0.25) is 5.02 Å². The number of nitrogens with zero attached hydrogens (tertiary/aromatic N) is 2. The maximum atomic E-state index is 12.4. The zero-order valence-corrected chi connectivity index (χ0v) is 15.5. The Morgan fingerprint density at radius 2 is 1.75 bits per heavy atom. The summed E-state index contributed by atoms with van der Waals surface area (Å²) in [4.78, 5) is 0.138.